The summed E-state index contributed by atoms with van der Waals surface area (Å²) in [5, 5.41) is 8.38. The maximum Gasteiger partial charge on any atom is 0.319 e. The van der Waals surface area contributed by atoms with Crippen LogP contribution in [0.4, 0.5) is 16.3 Å². The summed E-state index contributed by atoms with van der Waals surface area (Å²) in [5.74, 6) is 0.985. The Balaban J connectivity index is 1.19. The van der Waals surface area contributed by atoms with Crippen LogP contribution < -0.4 is 15.5 Å². The highest BCUT2D eigenvalue weighted by Crippen LogP contribution is 2.24. The van der Waals surface area contributed by atoms with Crippen LogP contribution >= 0.6 is 11.3 Å². The fourth-order valence-corrected chi connectivity index (χ4v) is 4.07. The third-order valence-electron chi connectivity index (χ3n) is 5.03. The lowest BCUT2D eigenvalue weighted by Crippen LogP contribution is -2.49. The third kappa shape index (κ3) is 5.58. The molecule has 2 N–H and O–H groups in total. The first-order valence-corrected chi connectivity index (χ1v) is 11.1. The Bertz CT molecular complexity index is 1000. The van der Waals surface area contributed by atoms with Gasteiger partial charge in [-0.2, -0.15) is 0 Å². The number of nitrogens with one attached hydrogen (secondary N) is 2. The van der Waals surface area contributed by atoms with Gasteiger partial charge in [0.05, 0.1) is 0 Å². The minimum atomic E-state index is -0.330. The Morgan fingerprint density at radius 3 is 2.61 bits per heavy atom. The summed E-state index contributed by atoms with van der Waals surface area (Å²) < 4.78 is 0. The van der Waals surface area contributed by atoms with E-state index in [0.29, 0.717) is 18.8 Å². The number of pyridine rings is 1. The third-order valence-corrected chi connectivity index (χ3v) is 5.85. The molecule has 8 nitrogen and oxygen atoms in total. The summed E-state index contributed by atoms with van der Waals surface area (Å²) in [4.78, 5) is 37.3. The van der Waals surface area contributed by atoms with E-state index in [1.807, 2.05) is 52.7 Å². The van der Waals surface area contributed by atoms with E-state index >= 15 is 0 Å². The molecule has 0 aliphatic carbocycles. The summed E-state index contributed by atoms with van der Waals surface area (Å²) in [6.07, 6.45) is 3.80. The Hall–Kier alpha value is -3.46. The number of nitrogens with zero attached hydrogens (tertiary/aromatic N) is 4. The topological polar surface area (TPSA) is 90.5 Å². The molecule has 0 radical (unpaired) electrons. The number of amides is 3. The molecule has 3 amide bonds. The average molecular weight is 437 g/mol. The molecule has 0 atom stereocenters. The van der Waals surface area contributed by atoms with Crippen molar-refractivity contribution in [3.05, 3.63) is 60.2 Å². The second kappa shape index (κ2) is 10.0. The molecule has 3 heterocycles. The van der Waals surface area contributed by atoms with E-state index in [-0.39, 0.29) is 24.9 Å². The molecule has 1 saturated heterocycles. The van der Waals surface area contributed by atoms with Gasteiger partial charge in [0.2, 0.25) is 5.91 Å². The quantitative estimate of drug-likeness (QED) is 0.620. The summed E-state index contributed by atoms with van der Waals surface area (Å²) in [7, 11) is 0. The molecule has 9 heteroatoms. The summed E-state index contributed by atoms with van der Waals surface area (Å²) in [5.41, 5.74) is 1.63. The van der Waals surface area contributed by atoms with Crippen molar-refractivity contribution in [3.8, 4) is 10.6 Å². The smallest absolute Gasteiger partial charge is 0.319 e. The van der Waals surface area contributed by atoms with Gasteiger partial charge in [0, 0.05) is 68.2 Å². The normalized spacial score (nSPS) is 13.7. The minimum Gasteiger partial charge on any atom is -0.353 e. The van der Waals surface area contributed by atoms with Crippen molar-refractivity contribution in [3.63, 3.8) is 0 Å². The molecule has 1 fully saturated rings. The number of aromatic nitrogens is 2. The Morgan fingerprint density at radius 1 is 1.00 bits per heavy atom. The zero-order chi connectivity index (χ0) is 21.5. The van der Waals surface area contributed by atoms with Crippen molar-refractivity contribution in [2.75, 3.05) is 42.9 Å². The van der Waals surface area contributed by atoms with Crippen LogP contribution in [-0.2, 0) is 4.79 Å². The Morgan fingerprint density at radius 2 is 1.87 bits per heavy atom. The van der Waals surface area contributed by atoms with Crippen LogP contribution in [0.1, 0.15) is 6.42 Å². The first kappa shape index (κ1) is 20.8. The molecular formula is C22H24N6O2S. The first-order chi connectivity index (χ1) is 15.2. The van der Waals surface area contributed by atoms with Gasteiger partial charge >= 0.3 is 6.03 Å². The number of hydrogen-bond donors (Lipinski definition) is 2. The van der Waals surface area contributed by atoms with Gasteiger partial charge in [-0.3, -0.25) is 4.79 Å². The molecule has 3 aromatic rings. The van der Waals surface area contributed by atoms with E-state index in [9.17, 15) is 9.59 Å². The van der Waals surface area contributed by atoms with Crippen LogP contribution in [-0.4, -0.2) is 59.5 Å². The lowest BCUT2D eigenvalue weighted by Gasteiger charge is -2.35. The lowest BCUT2D eigenvalue weighted by atomic mass is 10.2. The van der Waals surface area contributed by atoms with Crippen LogP contribution in [0, 0.1) is 0 Å². The Labute approximate surface area is 184 Å². The molecular weight excluding hydrogens is 412 g/mol. The number of piperazine rings is 1. The van der Waals surface area contributed by atoms with Gasteiger partial charge in [-0.15, -0.1) is 11.3 Å². The number of carbonyl (C=O) groups excluding carboxylic acids is 2. The fraction of sp³-hybridized carbons (Fsp3) is 0.273. The zero-order valence-corrected chi connectivity index (χ0v) is 17.8. The highest BCUT2D eigenvalue weighted by molar-refractivity contribution is 7.13. The standard InChI is InChI=1S/C22H24N6O2S/c29-20(28-13-11-27(12-14-28)19-6-1-2-8-23-19)7-9-25-22(30)26-18-5-3-4-17(16-18)21-24-10-15-31-21/h1-6,8,10,15-16H,7,9,11-14H2,(H2,25,26,30). The van der Waals surface area contributed by atoms with Gasteiger partial charge in [0.1, 0.15) is 10.8 Å². The van der Waals surface area contributed by atoms with E-state index in [4.69, 9.17) is 0 Å². The number of thiazole rings is 1. The van der Waals surface area contributed by atoms with Crippen LogP contribution in [0.3, 0.4) is 0 Å². The van der Waals surface area contributed by atoms with Crippen molar-refractivity contribution in [2.24, 2.45) is 0 Å². The summed E-state index contributed by atoms with van der Waals surface area (Å²) >= 11 is 1.54. The van der Waals surface area contributed by atoms with E-state index in [0.717, 1.165) is 29.5 Å². The van der Waals surface area contributed by atoms with E-state index in [2.05, 4.69) is 25.5 Å². The van der Waals surface area contributed by atoms with Gasteiger partial charge in [-0.05, 0) is 24.3 Å². The number of benzene rings is 1. The number of hydrogen-bond acceptors (Lipinski definition) is 6. The van der Waals surface area contributed by atoms with E-state index in [1.54, 1.807) is 23.7 Å². The Kier molecular flexibility index (Phi) is 6.73. The molecule has 2 aromatic heterocycles. The zero-order valence-electron chi connectivity index (χ0n) is 17.0. The molecule has 4 rings (SSSR count). The van der Waals surface area contributed by atoms with Crippen molar-refractivity contribution >= 4 is 34.8 Å². The van der Waals surface area contributed by atoms with Crippen LogP contribution in [0.5, 0.6) is 0 Å². The molecule has 0 unspecified atom stereocenters. The van der Waals surface area contributed by atoms with Crippen LogP contribution in [0.25, 0.3) is 10.6 Å². The lowest BCUT2D eigenvalue weighted by molar-refractivity contribution is -0.131. The van der Waals surface area contributed by atoms with Gasteiger partial charge in [0.25, 0.3) is 0 Å². The van der Waals surface area contributed by atoms with Crippen LogP contribution in [0.15, 0.2) is 60.2 Å². The molecule has 0 saturated carbocycles. The van der Waals surface area contributed by atoms with Crippen LogP contribution in [0.2, 0.25) is 0 Å². The molecule has 1 aliphatic heterocycles. The second-order valence-electron chi connectivity index (χ2n) is 7.10. The largest absolute Gasteiger partial charge is 0.353 e. The van der Waals surface area contributed by atoms with Gasteiger partial charge < -0.3 is 20.4 Å². The predicted octanol–water partition coefficient (Wildman–Crippen LogP) is 3.07. The molecule has 1 aliphatic rings. The highest BCUT2D eigenvalue weighted by atomic mass is 32.1. The monoisotopic (exact) mass is 436 g/mol. The molecule has 1 aromatic carbocycles. The van der Waals surface area contributed by atoms with E-state index < -0.39 is 0 Å². The van der Waals surface area contributed by atoms with Gasteiger partial charge in [-0.1, -0.05) is 18.2 Å². The molecule has 0 bridgehead atoms. The summed E-state index contributed by atoms with van der Waals surface area (Å²) in [6, 6.07) is 13.0. The molecule has 160 valence electrons. The number of rotatable bonds is 6. The van der Waals surface area contributed by atoms with Gasteiger partial charge in [0.15, 0.2) is 0 Å². The molecule has 31 heavy (non-hydrogen) atoms. The van der Waals surface area contributed by atoms with Gasteiger partial charge in [-0.25, -0.2) is 14.8 Å². The number of urea groups is 1. The molecule has 0 spiro atoms. The fourth-order valence-electron chi connectivity index (χ4n) is 3.44. The van der Waals surface area contributed by atoms with E-state index in [1.165, 1.54) is 0 Å². The number of anilines is 2. The first-order valence-electron chi connectivity index (χ1n) is 10.2. The minimum absolute atomic E-state index is 0.0479. The van der Waals surface area contributed by atoms with Crippen molar-refractivity contribution in [2.45, 2.75) is 6.42 Å². The maximum atomic E-state index is 12.5. The SMILES string of the molecule is O=C(NCCC(=O)N1CCN(c2ccccn2)CC1)Nc1cccc(-c2nccs2)c1. The number of carbonyl (C=O) groups is 2. The summed E-state index contributed by atoms with van der Waals surface area (Å²) in [6.45, 7) is 3.12. The average Bonchev–Trinajstić information content (AvgIpc) is 3.35. The van der Waals surface area contributed by atoms with Crippen molar-refractivity contribution in [1.29, 1.82) is 0 Å². The maximum absolute atomic E-state index is 12.5. The second-order valence-corrected chi connectivity index (χ2v) is 8.00. The van der Waals surface area contributed by atoms with Crippen molar-refractivity contribution < 1.29 is 9.59 Å². The highest BCUT2D eigenvalue weighted by Gasteiger charge is 2.21. The predicted molar refractivity (Wildman–Crippen MR) is 122 cm³/mol. The van der Waals surface area contributed by atoms with Crippen molar-refractivity contribution in [1.82, 2.24) is 20.2 Å².